The monoisotopic (exact) mass is 380 g/mol. The van der Waals surface area contributed by atoms with E-state index in [1.807, 2.05) is 0 Å². The molecule has 0 N–H and O–H groups in total. The highest BCUT2D eigenvalue weighted by atomic mass is 32.2. The minimum absolute atomic E-state index is 0.228. The molecule has 1 atom stereocenters. The van der Waals surface area contributed by atoms with Gasteiger partial charge in [-0.25, -0.2) is 13.2 Å². The third kappa shape index (κ3) is 3.44. The number of hydrogen-bond acceptors (Lipinski definition) is 6. The Bertz CT molecular complexity index is 879. The number of amides is 2. The fourth-order valence-electron chi connectivity index (χ4n) is 3.44. The Morgan fingerprint density at radius 3 is 2.65 bits per heavy atom. The molecule has 1 fully saturated rings. The van der Waals surface area contributed by atoms with Crippen LogP contribution in [0, 0.1) is 0 Å². The van der Waals surface area contributed by atoms with Crippen LogP contribution in [0.1, 0.15) is 35.7 Å². The number of nitrogens with zero attached hydrogens (tertiary/aromatic N) is 2. The van der Waals surface area contributed by atoms with E-state index in [2.05, 4.69) is 0 Å². The fraction of sp³-hybridized carbons (Fsp3) is 0.471. The molecule has 2 amide bonds. The molecule has 0 radical (unpaired) electrons. The maximum absolute atomic E-state index is 12.2. The van der Waals surface area contributed by atoms with Gasteiger partial charge in [0.05, 0.1) is 17.5 Å². The number of anilines is 1. The number of rotatable bonds is 4. The first-order chi connectivity index (χ1) is 12.2. The van der Waals surface area contributed by atoms with Gasteiger partial charge in [-0.2, -0.15) is 0 Å². The number of likely N-dealkylation sites (tertiary alicyclic amines) is 1. The molecule has 0 saturated carbocycles. The van der Waals surface area contributed by atoms with Gasteiger partial charge in [-0.1, -0.05) is 0 Å². The number of ether oxygens (including phenoxy) is 1. The Labute approximate surface area is 151 Å². The molecule has 0 aliphatic carbocycles. The zero-order chi connectivity index (χ0) is 19.1. The van der Waals surface area contributed by atoms with E-state index in [1.54, 1.807) is 19.1 Å². The zero-order valence-electron chi connectivity index (χ0n) is 14.6. The zero-order valence-corrected chi connectivity index (χ0v) is 15.4. The van der Waals surface area contributed by atoms with Gasteiger partial charge in [-0.3, -0.25) is 18.8 Å². The van der Waals surface area contributed by atoms with E-state index in [-0.39, 0.29) is 17.5 Å². The summed E-state index contributed by atoms with van der Waals surface area (Å²) in [6.45, 7) is 1.66. The predicted molar refractivity (Wildman–Crippen MR) is 93.2 cm³/mol. The Kier molecular flexibility index (Phi) is 4.74. The molecule has 1 aromatic carbocycles. The Hall–Kier alpha value is -2.42. The summed E-state index contributed by atoms with van der Waals surface area (Å²) >= 11 is 0. The maximum atomic E-state index is 12.2. The van der Waals surface area contributed by atoms with Crippen molar-refractivity contribution < 1.29 is 27.5 Å². The van der Waals surface area contributed by atoms with Crippen LogP contribution in [0.4, 0.5) is 5.69 Å². The van der Waals surface area contributed by atoms with Gasteiger partial charge in [-0.05, 0) is 43.5 Å². The predicted octanol–water partition coefficient (Wildman–Crippen LogP) is 0.703. The minimum Gasteiger partial charge on any atom is -0.452 e. The van der Waals surface area contributed by atoms with Crippen molar-refractivity contribution in [1.82, 2.24) is 4.90 Å². The summed E-state index contributed by atoms with van der Waals surface area (Å²) in [5, 5.41) is 0. The van der Waals surface area contributed by atoms with E-state index in [0.29, 0.717) is 31.5 Å². The lowest BCUT2D eigenvalue weighted by Gasteiger charge is -2.21. The number of imide groups is 1. The molecule has 2 heterocycles. The minimum atomic E-state index is -3.40. The molecule has 8 nitrogen and oxygen atoms in total. The summed E-state index contributed by atoms with van der Waals surface area (Å²) in [5.74, 6) is -1.46. The third-order valence-corrected chi connectivity index (χ3v) is 5.80. The lowest BCUT2D eigenvalue weighted by molar-refractivity contribution is -0.143. The molecule has 140 valence electrons. The van der Waals surface area contributed by atoms with Crippen LogP contribution in [-0.2, 0) is 30.8 Å². The highest BCUT2D eigenvalue weighted by molar-refractivity contribution is 7.92. The smallest absolute Gasteiger partial charge is 0.338 e. The average Bonchev–Trinajstić information content (AvgIpc) is 3.13. The second-order valence-electron chi connectivity index (χ2n) is 6.57. The maximum Gasteiger partial charge on any atom is 0.338 e. The van der Waals surface area contributed by atoms with E-state index >= 15 is 0 Å². The third-order valence-electron chi connectivity index (χ3n) is 4.53. The second kappa shape index (κ2) is 6.71. The van der Waals surface area contributed by atoms with Gasteiger partial charge < -0.3 is 4.74 Å². The molecule has 0 spiro atoms. The largest absolute Gasteiger partial charge is 0.452 e. The van der Waals surface area contributed by atoms with Gasteiger partial charge in [0, 0.05) is 19.0 Å². The van der Waals surface area contributed by atoms with Gasteiger partial charge in [0.15, 0.2) is 6.61 Å². The van der Waals surface area contributed by atoms with E-state index in [0.717, 1.165) is 16.7 Å². The van der Waals surface area contributed by atoms with E-state index in [4.69, 9.17) is 4.74 Å². The lowest BCUT2D eigenvalue weighted by Crippen LogP contribution is -2.35. The Morgan fingerprint density at radius 1 is 1.31 bits per heavy atom. The second-order valence-corrected chi connectivity index (χ2v) is 8.43. The number of fused-ring (bicyclic) bond motifs is 1. The summed E-state index contributed by atoms with van der Waals surface area (Å²) in [6.07, 6.45) is 2.59. The van der Waals surface area contributed by atoms with Crippen LogP contribution in [0.3, 0.4) is 0 Å². The molecule has 0 aromatic heterocycles. The van der Waals surface area contributed by atoms with Crippen molar-refractivity contribution >= 4 is 33.5 Å². The van der Waals surface area contributed by atoms with Gasteiger partial charge in [0.2, 0.25) is 15.9 Å². The summed E-state index contributed by atoms with van der Waals surface area (Å²) < 4.78 is 30.2. The highest BCUT2D eigenvalue weighted by Gasteiger charge is 2.33. The van der Waals surface area contributed by atoms with Crippen LogP contribution in [-0.4, -0.2) is 56.6 Å². The summed E-state index contributed by atoms with van der Waals surface area (Å²) in [6, 6.07) is 4.41. The average molecular weight is 380 g/mol. The number of carbonyl (C=O) groups is 3. The normalized spacial score (nSPS) is 19.6. The van der Waals surface area contributed by atoms with Gasteiger partial charge in [0.1, 0.15) is 0 Å². The van der Waals surface area contributed by atoms with Crippen molar-refractivity contribution in [1.29, 1.82) is 0 Å². The van der Waals surface area contributed by atoms with Gasteiger partial charge >= 0.3 is 5.97 Å². The van der Waals surface area contributed by atoms with E-state index in [1.165, 1.54) is 10.4 Å². The van der Waals surface area contributed by atoms with Gasteiger partial charge in [0.25, 0.3) is 5.91 Å². The number of benzene rings is 1. The topological polar surface area (TPSA) is 101 Å². The first kappa shape index (κ1) is 18.4. The Morgan fingerprint density at radius 2 is 2.04 bits per heavy atom. The molecule has 0 unspecified atom stereocenters. The summed E-state index contributed by atoms with van der Waals surface area (Å²) in [7, 11) is -3.40. The first-order valence-electron chi connectivity index (χ1n) is 8.31. The van der Waals surface area contributed by atoms with Crippen LogP contribution < -0.4 is 4.31 Å². The van der Waals surface area contributed by atoms with Crippen LogP contribution in [0.5, 0.6) is 0 Å². The lowest BCUT2D eigenvalue weighted by atomic mass is 10.1. The summed E-state index contributed by atoms with van der Waals surface area (Å²) in [4.78, 5) is 36.7. The van der Waals surface area contributed by atoms with Crippen molar-refractivity contribution in [2.45, 2.75) is 32.2 Å². The molecule has 2 aliphatic heterocycles. The number of sulfonamides is 1. The molecule has 9 heteroatoms. The molecular formula is C17H20N2O6S. The van der Waals surface area contributed by atoms with Crippen molar-refractivity contribution in [2.24, 2.45) is 0 Å². The highest BCUT2D eigenvalue weighted by Crippen LogP contribution is 2.34. The van der Waals surface area contributed by atoms with Crippen molar-refractivity contribution in [3.8, 4) is 0 Å². The standard InChI is InChI=1S/C17H20N2O6S/c1-11-8-13-9-12(5-6-14(13)19(11)26(2,23)24)17(22)25-10-16(21)18-7-3-4-15(18)20/h5-6,9,11H,3-4,7-8,10H2,1-2H3/t11-/m0/s1. The van der Waals surface area contributed by atoms with Gasteiger partial charge in [-0.15, -0.1) is 0 Å². The van der Waals surface area contributed by atoms with Crippen LogP contribution in [0.25, 0.3) is 0 Å². The summed E-state index contributed by atoms with van der Waals surface area (Å²) in [5.41, 5.74) is 1.53. The van der Waals surface area contributed by atoms with E-state index < -0.39 is 28.5 Å². The molecule has 2 aliphatic rings. The van der Waals surface area contributed by atoms with Crippen molar-refractivity contribution in [3.05, 3.63) is 29.3 Å². The molecule has 1 aromatic rings. The number of esters is 1. The molecule has 3 rings (SSSR count). The molecule has 1 saturated heterocycles. The fourth-order valence-corrected chi connectivity index (χ4v) is 4.70. The Balaban J connectivity index is 1.69. The molecular weight excluding hydrogens is 360 g/mol. The van der Waals surface area contributed by atoms with Crippen LogP contribution >= 0.6 is 0 Å². The van der Waals surface area contributed by atoms with E-state index in [9.17, 15) is 22.8 Å². The van der Waals surface area contributed by atoms with Crippen LogP contribution in [0.15, 0.2) is 18.2 Å². The first-order valence-corrected chi connectivity index (χ1v) is 10.2. The SMILES string of the molecule is C[C@H]1Cc2cc(C(=O)OCC(=O)N3CCCC3=O)ccc2N1S(C)(=O)=O. The van der Waals surface area contributed by atoms with Crippen molar-refractivity contribution in [2.75, 3.05) is 23.7 Å². The number of hydrogen-bond donors (Lipinski definition) is 0. The van der Waals surface area contributed by atoms with Crippen molar-refractivity contribution in [3.63, 3.8) is 0 Å². The quantitative estimate of drug-likeness (QED) is 0.713. The number of carbonyl (C=O) groups excluding carboxylic acids is 3. The molecule has 0 bridgehead atoms. The molecule has 26 heavy (non-hydrogen) atoms. The van der Waals surface area contributed by atoms with Crippen LogP contribution in [0.2, 0.25) is 0 Å².